The fourth-order valence-electron chi connectivity index (χ4n) is 3.13. The Morgan fingerprint density at radius 1 is 1.08 bits per heavy atom. The number of carbonyl (C=O) groups excluding carboxylic acids is 1. The van der Waals surface area contributed by atoms with Crippen LogP contribution in [-0.4, -0.2) is 10.5 Å². The number of rotatable bonds is 3. The minimum atomic E-state index is -0.474. The van der Waals surface area contributed by atoms with Gasteiger partial charge in [-0.2, -0.15) is 0 Å². The molecule has 0 aliphatic heterocycles. The monoisotopic (exact) mass is 338 g/mol. The maximum atomic E-state index is 13.4. The molecular formula is C20H19FN2O2. The Morgan fingerprint density at radius 3 is 2.44 bits per heavy atom. The van der Waals surface area contributed by atoms with Crippen LogP contribution in [0, 0.1) is 26.6 Å². The number of nitrogens with one attached hydrogen (secondary N) is 1. The maximum Gasteiger partial charge on any atom is 0.244 e. The summed E-state index contributed by atoms with van der Waals surface area (Å²) in [5, 5.41) is 3.19. The fraction of sp³-hybridized carbons (Fsp3) is 0.200. The molecule has 5 heteroatoms. The molecule has 1 heterocycles. The summed E-state index contributed by atoms with van der Waals surface area (Å²) in [5.74, 6) is -0.679. The Morgan fingerprint density at radius 2 is 1.76 bits per heavy atom. The van der Waals surface area contributed by atoms with Gasteiger partial charge in [0.05, 0.1) is 5.52 Å². The molecule has 1 amide bonds. The van der Waals surface area contributed by atoms with Gasteiger partial charge in [-0.15, -0.1) is 0 Å². The van der Waals surface area contributed by atoms with Gasteiger partial charge in [0.1, 0.15) is 12.4 Å². The lowest BCUT2D eigenvalue weighted by molar-refractivity contribution is -0.116. The van der Waals surface area contributed by atoms with Crippen molar-refractivity contribution in [1.82, 2.24) is 4.57 Å². The third-order valence-electron chi connectivity index (χ3n) is 4.19. The van der Waals surface area contributed by atoms with Gasteiger partial charge in [-0.25, -0.2) is 4.39 Å². The second-order valence-electron chi connectivity index (χ2n) is 6.29. The maximum absolute atomic E-state index is 13.4. The van der Waals surface area contributed by atoms with E-state index < -0.39 is 5.82 Å². The number of nitrogens with zero attached hydrogens (tertiary/aromatic N) is 1. The zero-order valence-electron chi connectivity index (χ0n) is 14.4. The summed E-state index contributed by atoms with van der Waals surface area (Å²) >= 11 is 0. The Labute approximate surface area is 144 Å². The van der Waals surface area contributed by atoms with E-state index in [2.05, 4.69) is 5.32 Å². The van der Waals surface area contributed by atoms with E-state index in [0.29, 0.717) is 5.52 Å². The molecule has 0 fully saturated rings. The topological polar surface area (TPSA) is 51.1 Å². The molecular weight excluding hydrogens is 319 g/mol. The van der Waals surface area contributed by atoms with E-state index in [1.807, 2.05) is 32.9 Å². The quantitative estimate of drug-likeness (QED) is 0.791. The molecule has 25 heavy (non-hydrogen) atoms. The number of aryl methyl sites for hydroxylation is 3. The van der Waals surface area contributed by atoms with E-state index in [1.54, 1.807) is 10.8 Å². The van der Waals surface area contributed by atoms with Crippen molar-refractivity contribution in [1.29, 1.82) is 0 Å². The number of pyridine rings is 1. The summed E-state index contributed by atoms with van der Waals surface area (Å²) in [4.78, 5) is 24.4. The van der Waals surface area contributed by atoms with Gasteiger partial charge in [0.15, 0.2) is 5.43 Å². The second-order valence-corrected chi connectivity index (χ2v) is 6.29. The van der Waals surface area contributed by atoms with Crippen LogP contribution in [0.1, 0.15) is 16.7 Å². The Hall–Kier alpha value is -2.95. The predicted molar refractivity (Wildman–Crippen MR) is 97.4 cm³/mol. The van der Waals surface area contributed by atoms with Crippen LogP contribution < -0.4 is 10.7 Å². The lowest BCUT2D eigenvalue weighted by Gasteiger charge is -2.15. The third kappa shape index (κ3) is 3.45. The van der Waals surface area contributed by atoms with Crippen LogP contribution in [0.25, 0.3) is 10.9 Å². The normalized spacial score (nSPS) is 10.9. The smallest absolute Gasteiger partial charge is 0.244 e. The van der Waals surface area contributed by atoms with E-state index in [9.17, 15) is 14.0 Å². The average Bonchev–Trinajstić information content (AvgIpc) is 2.54. The summed E-state index contributed by atoms with van der Waals surface area (Å²) in [5.41, 5.74) is 4.20. The number of carbonyl (C=O) groups is 1. The van der Waals surface area contributed by atoms with Crippen molar-refractivity contribution in [3.63, 3.8) is 0 Å². The molecule has 2 aromatic carbocycles. The van der Waals surface area contributed by atoms with Crippen molar-refractivity contribution in [3.8, 4) is 0 Å². The van der Waals surface area contributed by atoms with E-state index in [-0.39, 0.29) is 23.3 Å². The molecule has 0 saturated carbocycles. The minimum absolute atomic E-state index is 0.0369. The molecule has 0 aliphatic rings. The zero-order chi connectivity index (χ0) is 18.1. The zero-order valence-corrected chi connectivity index (χ0v) is 14.4. The number of amides is 1. The first-order valence-corrected chi connectivity index (χ1v) is 8.01. The molecule has 0 radical (unpaired) electrons. The van der Waals surface area contributed by atoms with Crippen molar-refractivity contribution in [2.24, 2.45) is 0 Å². The first kappa shape index (κ1) is 16.9. The second kappa shape index (κ2) is 6.51. The SMILES string of the molecule is Cc1cc(C)c(NC(=O)Cn2ccc(=O)c3cc(F)ccc32)c(C)c1. The van der Waals surface area contributed by atoms with E-state index in [4.69, 9.17) is 0 Å². The van der Waals surface area contributed by atoms with Gasteiger partial charge in [-0.1, -0.05) is 17.7 Å². The summed E-state index contributed by atoms with van der Waals surface area (Å²) in [6, 6.07) is 9.37. The van der Waals surface area contributed by atoms with Crippen LogP contribution in [0.5, 0.6) is 0 Å². The average molecular weight is 338 g/mol. The van der Waals surface area contributed by atoms with Crippen molar-refractivity contribution in [3.05, 3.63) is 75.3 Å². The van der Waals surface area contributed by atoms with Crippen molar-refractivity contribution >= 4 is 22.5 Å². The number of benzene rings is 2. The molecule has 0 saturated heterocycles. The highest BCUT2D eigenvalue weighted by molar-refractivity contribution is 5.93. The highest BCUT2D eigenvalue weighted by Gasteiger charge is 2.11. The predicted octanol–water partition coefficient (Wildman–Crippen LogP) is 3.70. The van der Waals surface area contributed by atoms with Gasteiger partial charge in [-0.05, 0) is 50.1 Å². The van der Waals surface area contributed by atoms with E-state index in [0.717, 1.165) is 22.4 Å². The molecule has 0 unspecified atom stereocenters. The van der Waals surface area contributed by atoms with Gasteiger partial charge in [0.25, 0.3) is 0 Å². The minimum Gasteiger partial charge on any atom is -0.338 e. The number of halogens is 1. The van der Waals surface area contributed by atoms with Gasteiger partial charge in [0.2, 0.25) is 5.91 Å². The largest absolute Gasteiger partial charge is 0.338 e. The van der Waals surface area contributed by atoms with Gasteiger partial charge in [0, 0.05) is 23.3 Å². The third-order valence-corrected chi connectivity index (χ3v) is 4.19. The summed E-state index contributed by atoms with van der Waals surface area (Å²) in [7, 11) is 0. The highest BCUT2D eigenvalue weighted by Crippen LogP contribution is 2.22. The number of hydrogen-bond donors (Lipinski definition) is 1. The van der Waals surface area contributed by atoms with Crippen LogP contribution in [0.15, 0.2) is 47.4 Å². The van der Waals surface area contributed by atoms with Crippen molar-refractivity contribution in [2.45, 2.75) is 27.3 Å². The van der Waals surface area contributed by atoms with Crippen molar-refractivity contribution in [2.75, 3.05) is 5.32 Å². The molecule has 0 atom stereocenters. The molecule has 0 aliphatic carbocycles. The molecule has 1 aromatic heterocycles. The molecule has 3 aromatic rings. The summed E-state index contributed by atoms with van der Waals surface area (Å²) in [6.07, 6.45) is 1.55. The standard InChI is InChI=1S/C20H19FN2O2/c1-12-8-13(2)20(14(3)9-12)22-19(25)11-23-7-6-18(24)16-10-15(21)4-5-17(16)23/h4-10H,11H2,1-3H3,(H,22,25). The number of hydrogen-bond acceptors (Lipinski definition) is 2. The van der Waals surface area contributed by atoms with Gasteiger partial charge >= 0.3 is 0 Å². The number of fused-ring (bicyclic) bond motifs is 1. The van der Waals surface area contributed by atoms with Gasteiger partial charge < -0.3 is 9.88 Å². The molecule has 3 rings (SSSR count). The van der Waals surface area contributed by atoms with Crippen LogP contribution in [-0.2, 0) is 11.3 Å². The number of anilines is 1. The van der Waals surface area contributed by atoms with Crippen molar-refractivity contribution < 1.29 is 9.18 Å². The molecule has 128 valence electrons. The summed E-state index contributed by atoms with van der Waals surface area (Å²) in [6.45, 7) is 5.95. The molecule has 4 nitrogen and oxygen atoms in total. The Kier molecular flexibility index (Phi) is 4.40. The fourth-order valence-corrected chi connectivity index (χ4v) is 3.13. The molecule has 1 N–H and O–H groups in total. The first-order valence-electron chi connectivity index (χ1n) is 8.01. The van der Waals surface area contributed by atoms with Gasteiger partial charge in [-0.3, -0.25) is 9.59 Å². The molecule has 0 spiro atoms. The van der Waals surface area contributed by atoms with Crippen LogP contribution >= 0.6 is 0 Å². The Balaban J connectivity index is 1.91. The first-order chi connectivity index (χ1) is 11.8. The molecule has 0 bridgehead atoms. The lowest BCUT2D eigenvalue weighted by atomic mass is 10.1. The van der Waals surface area contributed by atoms with E-state index >= 15 is 0 Å². The van der Waals surface area contributed by atoms with Crippen LogP contribution in [0.3, 0.4) is 0 Å². The highest BCUT2D eigenvalue weighted by atomic mass is 19.1. The van der Waals surface area contributed by atoms with Crippen LogP contribution in [0.4, 0.5) is 10.1 Å². The Bertz CT molecular complexity index is 1010. The van der Waals surface area contributed by atoms with E-state index in [1.165, 1.54) is 24.3 Å². The lowest BCUT2D eigenvalue weighted by Crippen LogP contribution is -2.21. The number of aromatic nitrogens is 1. The van der Waals surface area contributed by atoms with Crippen LogP contribution in [0.2, 0.25) is 0 Å². The summed E-state index contributed by atoms with van der Waals surface area (Å²) < 4.78 is 15.0.